The summed E-state index contributed by atoms with van der Waals surface area (Å²) in [6.45, 7) is -0.339. The Morgan fingerprint density at radius 3 is 2.70 bits per heavy atom. The smallest absolute Gasteiger partial charge is 0.332 e. The first-order chi connectivity index (χ1) is 14.3. The molecule has 0 radical (unpaired) electrons. The van der Waals surface area contributed by atoms with E-state index in [1.54, 1.807) is 0 Å². The number of nitrogens with zero attached hydrogens (tertiary/aromatic N) is 4. The predicted molar refractivity (Wildman–Crippen MR) is 103 cm³/mol. The van der Waals surface area contributed by atoms with Crippen molar-refractivity contribution in [3.05, 3.63) is 57.0 Å². The molecule has 0 spiro atoms. The number of carbonyl (C=O) groups excluding carboxylic acids is 1. The van der Waals surface area contributed by atoms with Gasteiger partial charge in [0.25, 0.3) is 5.56 Å². The van der Waals surface area contributed by atoms with Crippen LogP contribution in [0.2, 0.25) is 0 Å². The molecule has 1 amide bonds. The molecule has 0 unspecified atom stereocenters. The van der Waals surface area contributed by atoms with Crippen LogP contribution in [-0.4, -0.2) is 37.7 Å². The molecule has 0 saturated carbocycles. The molecule has 1 aromatic carbocycles. The van der Waals surface area contributed by atoms with E-state index in [2.05, 4.69) is 22.1 Å². The van der Waals surface area contributed by atoms with E-state index in [4.69, 9.17) is 4.74 Å². The molecule has 1 N–H and O–H groups in total. The summed E-state index contributed by atoms with van der Waals surface area (Å²) < 4.78 is 34.8. The van der Waals surface area contributed by atoms with E-state index in [1.165, 1.54) is 29.6 Å². The van der Waals surface area contributed by atoms with E-state index in [1.807, 2.05) is 0 Å². The molecule has 9 nitrogen and oxygen atoms in total. The van der Waals surface area contributed by atoms with Gasteiger partial charge < -0.3 is 14.6 Å². The molecule has 0 bridgehead atoms. The van der Waals surface area contributed by atoms with Gasteiger partial charge in [-0.15, -0.1) is 0 Å². The third-order valence-electron chi connectivity index (χ3n) is 4.22. The predicted octanol–water partition coefficient (Wildman–Crippen LogP) is -0.0895. The van der Waals surface area contributed by atoms with Crippen LogP contribution >= 0.6 is 0 Å². The number of amides is 1. The summed E-state index contributed by atoms with van der Waals surface area (Å²) >= 11 is 0. The molecule has 0 aliphatic rings. The maximum atomic E-state index is 13.4. The van der Waals surface area contributed by atoms with Crippen molar-refractivity contribution in [2.75, 3.05) is 13.2 Å². The van der Waals surface area contributed by atoms with Gasteiger partial charge >= 0.3 is 5.69 Å². The molecule has 156 valence electrons. The number of ether oxygens (including phenoxy) is 1. The minimum absolute atomic E-state index is 0.00276. The molecule has 0 aliphatic heterocycles. The summed E-state index contributed by atoms with van der Waals surface area (Å²) in [5.74, 6) is 3.13. The molecule has 0 saturated heterocycles. The van der Waals surface area contributed by atoms with E-state index in [0.29, 0.717) is 6.07 Å². The topological polar surface area (TPSA) is 100 Å². The molecule has 11 heteroatoms. The summed E-state index contributed by atoms with van der Waals surface area (Å²) in [5, 5.41) is 2.55. The number of imidazole rings is 1. The van der Waals surface area contributed by atoms with Gasteiger partial charge in [-0.1, -0.05) is 11.8 Å². The molecule has 2 heterocycles. The van der Waals surface area contributed by atoms with Crippen molar-refractivity contribution in [1.82, 2.24) is 24.0 Å². The van der Waals surface area contributed by atoms with Gasteiger partial charge in [0.1, 0.15) is 19.0 Å². The molecular formula is C19H17F2N5O4. The third-order valence-corrected chi connectivity index (χ3v) is 4.22. The average molecular weight is 417 g/mol. The lowest BCUT2D eigenvalue weighted by Crippen LogP contribution is -2.38. The Morgan fingerprint density at radius 2 is 1.97 bits per heavy atom. The number of halogens is 2. The van der Waals surface area contributed by atoms with Gasteiger partial charge in [-0.2, -0.15) is 0 Å². The minimum Gasteiger partial charge on any atom is -0.478 e. The summed E-state index contributed by atoms with van der Waals surface area (Å²) in [7, 11) is 2.83. The molecular weight excluding hydrogens is 400 g/mol. The Morgan fingerprint density at radius 1 is 1.20 bits per heavy atom. The van der Waals surface area contributed by atoms with Crippen LogP contribution in [0.3, 0.4) is 0 Å². The standard InChI is InChI=1S/C19H17F2N5O4/c1-24-17-16(18(28)25(2)19(24)29)26(11-23-17)10-15(27)22-7-3-4-8-30-14-6-5-12(20)9-13(14)21/h5-6,9,11H,7-8,10H2,1-2H3,(H,22,27). The molecule has 30 heavy (non-hydrogen) atoms. The zero-order valence-electron chi connectivity index (χ0n) is 16.1. The van der Waals surface area contributed by atoms with Crippen LogP contribution in [0.5, 0.6) is 5.75 Å². The van der Waals surface area contributed by atoms with E-state index < -0.39 is 28.8 Å². The number of nitrogens with one attached hydrogen (secondary N) is 1. The lowest BCUT2D eigenvalue weighted by atomic mass is 10.3. The van der Waals surface area contributed by atoms with Gasteiger partial charge in [0, 0.05) is 20.2 Å². The number of aromatic nitrogens is 4. The number of hydrogen-bond donors (Lipinski definition) is 1. The van der Waals surface area contributed by atoms with Crippen LogP contribution in [0.25, 0.3) is 11.2 Å². The maximum absolute atomic E-state index is 13.4. The highest BCUT2D eigenvalue weighted by atomic mass is 19.1. The van der Waals surface area contributed by atoms with E-state index >= 15 is 0 Å². The Kier molecular flexibility index (Phi) is 5.96. The van der Waals surface area contributed by atoms with Gasteiger partial charge in [-0.05, 0) is 12.1 Å². The Labute approximate surface area is 168 Å². The highest BCUT2D eigenvalue weighted by Crippen LogP contribution is 2.17. The first kappa shape index (κ1) is 20.8. The largest absolute Gasteiger partial charge is 0.478 e. The van der Waals surface area contributed by atoms with E-state index in [-0.39, 0.29) is 36.6 Å². The summed E-state index contributed by atoms with van der Waals surface area (Å²) in [4.78, 5) is 40.4. The Balaban J connectivity index is 1.57. The van der Waals surface area contributed by atoms with Crippen LogP contribution in [-0.2, 0) is 25.4 Å². The van der Waals surface area contributed by atoms with Crippen LogP contribution in [0.15, 0.2) is 34.1 Å². The van der Waals surface area contributed by atoms with Crippen LogP contribution in [0.4, 0.5) is 8.78 Å². The molecule has 2 aromatic heterocycles. The normalized spacial score (nSPS) is 10.5. The first-order valence-electron chi connectivity index (χ1n) is 8.70. The fourth-order valence-corrected chi connectivity index (χ4v) is 2.69. The highest BCUT2D eigenvalue weighted by Gasteiger charge is 2.15. The van der Waals surface area contributed by atoms with Crippen molar-refractivity contribution in [3.63, 3.8) is 0 Å². The van der Waals surface area contributed by atoms with Crippen molar-refractivity contribution < 1.29 is 18.3 Å². The van der Waals surface area contributed by atoms with Crippen LogP contribution in [0.1, 0.15) is 0 Å². The fourth-order valence-electron chi connectivity index (χ4n) is 2.69. The van der Waals surface area contributed by atoms with Gasteiger partial charge in [0.15, 0.2) is 22.7 Å². The van der Waals surface area contributed by atoms with Gasteiger partial charge in [0.2, 0.25) is 5.91 Å². The zero-order chi connectivity index (χ0) is 21.8. The number of rotatable bonds is 5. The summed E-state index contributed by atoms with van der Waals surface area (Å²) in [6, 6.07) is 2.93. The van der Waals surface area contributed by atoms with Crippen LogP contribution < -0.4 is 21.3 Å². The van der Waals surface area contributed by atoms with E-state index in [0.717, 1.165) is 16.7 Å². The molecule has 0 aliphatic carbocycles. The second-order valence-corrected chi connectivity index (χ2v) is 6.24. The fraction of sp³-hybridized carbons (Fsp3) is 0.263. The molecule has 0 fully saturated rings. The highest BCUT2D eigenvalue weighted by molar-refractivity contribution is 5.79. The van der Waals surface area contributed by atoms with Crippen molar-refractivity contribution in [2.45, 2.75) is 6.54 Å². The number of hydrogen-bond acceptors (Lipinski definition) is 5. The minimum atomic E-state index is -0.832. The second-order valence-electron chi connectivity index (χ2n) is 6.24. The number of carbonyl (C=O) groups is 1. The Hall–Kier alpha value is -3.94. The summed E-state index contributed by atoms with van der Waals surface area (Å²) in [5.41, 5.74) is -0.750. The average Bonchev–Trinajstić information content (AvgIpc) is 3.12. The third kappa shape index (κ3) is 4.22. The first-order valence-corrected chi connectivity index (χ1v) is 8.70. The van der Waals surface area contributed by atoms with Crippen molar-refractivity contribution in [3.8, 4) is 17.6 Å². The molecule has 0 atom stereocenters. The SMILES string of the molecule is Cn1c(=O)c2c(ncn2CC(=O)NCC#CCOc2ccc(F)cc2F)n(C)c1=O. The molecule has 3 aromatic rings. The van der Waals surface area contributed by atoms with E-state index in [9.17, 15) is 23.2 Å². The second kappa shape index (κ2) is 8.60. The number of benzene rings is 1. The van der Waals surface area contributed by atoms with Gasteiger partial charge in [-0.3, -0.25) is 18.7 Å². The quantitative estimate of drug-likeness (QED) is 0.585. The number of aryl methyl sites for hydroxylation is 1. The zero-order valence-corrected chi connectivity index (χ0v) is 16.1. The van der Waals surface area contributed by atoms with Crippen molar-refractivity contribution >= 4 is 17.1 Å². The summed E-state index contributed by atoms with van der Waals surface area (Å²) in [6.07, 6.45) is 1.31. The molecule has 3 rings (SSSR count). The lowest BCUT2D eigenvalue weighted by Gasteiger charge is -2.06. The van der Waals surface area contributed by atoms with Gasteiger partial charge in [0.05, 0.1) is 12.9 Å². The maximum Gasteiger partial charge on any atom is 0.332 e. The van der Waals surface area contributed by atoms with Gasteiger partial charge in [-0.25, -0.2) is 18.6 Å². The van der Waals surface area contributed by atoms with Crippen molar-refractivity contribution in [2.24, 2.45) is 14.1 Å². The van der Waals surface area contributed by atoms with Crippen molar-refractivity contribution in [1.29, 1.82) is 0 Å². The lowest BCUT2D eigenvalue weighted by molar-refractivity contribution is -0.121. The Bertz CT molecular complexity index is 1300. The van der Waals surface area contributed by atoms with Crippen LogP contribution in [0, 0.1) is 23.5 Å². The number of fused-ring (bicyclic) bond motifs is 1. The monoisotopic (exact) mass is 417 g/mol.